The predicted molar refractivity (Wildman–Crippen MR) is 87.0 cm³/mol. The molecule has 0 bridgehead atoms. The molecule has 0 amide bonds. The molecule has 1 aromatic heterocycles. The zero-order valence-corrected chi connectivity index (χ0v) is 13.7. The standard InChI is InChI=1S/C15H18BrFN4/c1-3-8-18-15-19-9-13(17)14(20-15)21(2)10-11-4-6-12(16)7-5-11/h4-7,9H,3,8,10H2,1-2H3,(H,18,19,20). The van der Waals surface area contributed by atoms with E-state index in [2.05, 4.69) is 38.1 Å². The van der Waals surface area contributed by atoms with Gasteiger partial charge in [-0.2, -0.15) is 4.98 Å². The summed E-state index contributed by atoms with van der Waals surface area (Å²) in [5.74, 6) is 0.332. The number of nitrogens with zero attached hydrogens (tertiary/aromatic N) is 3. The Bertz CT molecular complexity index is 589. The number of benzene rings is 1. The van der Waals surface area contributed by atoms with Gasteiger partial charge in [-0.15, -0.1) is 0 Å². The minimum atomic E-state index is -0.420. The van der Waals surface area contributed by atoms with Crippen LogP contribution >= 0.6 is 15.9 Å². The average molecular weight is 353 g/mol. The molecule has 112 valence electrons. The Morgan fingerprint density at radius 2 is 2.00 bits per heavy atom. The van der Waals surface area contributed by atoms with Crippen molar-refractivity contribution in [1.82, 2.24) is 9.97 Å². The molecule has 6 heteroatoms. The second-order valence-electron chi connectivity index (χ2n) is 4.77. The summed E-state index contributed by atoms with van der Waals surface area (Å²) in [6.07, 6.45) is 2.17. The highest BCUT2D eigenvalue weighted by Gasteiger charge is 2.12. The molecule has 1 N–H and O–H groups in total. The lowest BCUT2D eigenvalue weighted by Gasteiger charge is -2.19. The highest BCUT2D eigenvalue weighted by molar-refractivity contribution is 9.10. The molecule has 0 unspecified atom stereocenters. The summed E-state index contributed by atoms with van der Waals surface area (Å²) < 4.78 is 14.9. The van der Waals surface area contributed by atoms with Crippen LogP contribution < -0.4 is 10.2 Å². The van der Waals surface area contributed by atoms with Crippen LogP contribution in [0.4, 0.5) is 16.2 Å². The van der Waals surface area contributed by atoms with Crippen molar-refractivity contribution in [1.29, 1.82) is 0 Å². The van der Waals surface area contributed by atoms with E-state index in [1.807, 2.05) is 31.3 Å². The first-order valence-electron chi connectivity index (χ1n) is 6.82. The zero-order chi connectivity index (χ0) is 15.2. The Morgan fingerprint density at radius 1 is 1.29 bits per heavy atom. The van der Waals surface area contributed by atoms with Crippen LogP contribution in [0.3, 0.4) is 0 Å². The molecule has 2 rings (SSSR count). The van der Waals surface area contributed by atoms with Crippen molar-refractivity contribution in [3.63, 3.8) is 0 Å². The number of aromatic nitrogens is 2. The highest BCUT2D eigenvalue weighted by atomic mass is 79.9. The summed E-state index contributed by atoms with van der Waals surface area (Å²) in [4.78, 5) is 9.97. The summed E-state index contributed by atoms with van der Waals surface area (Å²) in [6, 6.07) is 7.92. The van der Waals surface area contributed by atoms with E-state index in [0.29, 0.717) is 18.3 Å². The third-order valence-electron chi connectivity index (χ3n) is 2.95. The van der Waals surface area contributed by atoms with Crippen LogP contribution in [0, 0.1) is 5.82 Å². The fourth-order valence-corrected chi connectivity index (χ4v) is 2.15. The third-order valence-corrected chi connectivity index (χ3v) is 3.48. The molecule has 0 radical (unpaired) electrons. The van der Waals surface area contributed by atoms with E-state index in [0.717, 1.165) is 23.0 Å². The SMILES string of the molecule is CCCNc1ncc(F)c(N(C)Cc2ccc(Br)cc2)n1. The molecule has 0 atom stereocenters. The van der Waals surface area contributed by atoms with Crippen molar-refractivity contribution >= 4 is 27.7 Å². The molecule has 0 aliphatic rings. The minimum absolute atomic E-state index is 0.298. The number of hydrogen-bond donors (Lipinski definition) is 1. The van der Waals surface area contributed by atoms with Crippen LogP contribution in [0.15, 0.2) is 34.9 Å². The van der Waals surface area contributed by atoms with Gasteiger partial charge in [-0.05, 0) is 24.1 Å². The first-order chi connectivity index (χ1) is 10.1. The number of nitrogens with one attached hydrogen (secondary N) is 1. The molecule has 1 aromatic carbocycles. The fourth-order valence-electron chi connectivity index (χ4n) is 1.89. The summed E-state index contributed by atoms with van der Waals surface area (Å²) in [5, 5.41) is 3.07. The first kappa shape index (κ1) is 15.7. The maximum Gasteiger partial charge on any atom is 0.224 e. The van der Waals surface area contributed by atoms with Gasteiger partial charge in [0.05, 0.1) is 6.20 Å². The molecule has 0 saturated carbocycles. The Kier molecular flexibility index (Phi) is 5.50. The third kappa shape index (κ3) is 4.39. The van der Waals surface area contributed by atoms with Crippen molar-refractivity contribution in [2.75, 3.05) is 23.8 Å². The van der Waals surface area contributed by atoms with E-state index in [9.17, 15) is 4.39 Å². The second kappa shape index (κ2) is 7.36. The van der Waals surface area contributed by atoms with Gasteiger partial charge >= 0.3 is 0 Å². The summed E-state index contributed by atoms with van der Waals surface area (Å²) in [5.41, 5.74) is 1.08. The predicted octanol–water partition coefficient (Wildman–Crippen LogP) is 3.84. The van der Waals surface area contributed by atoms with E-state index in [4.69, 9.17) is 0 Å². The van der Waals surface area contributed by atoms with Crippen LogP contribution in [0.25, 0.3) is 0 Å². The van der Waals surface area contributed by atoms with Crippen LogP contribution in [-0.4, -0.2) is 23.6 Å². The topological polar surface area (TPSA) is 41.1 Å². The van der Waals surface area contributed by atoms with Gasteiger partial charge in [0.25, 0.3) is 0 Å². The van der Waals surface area contributed by atoms with Gasteiger partial charge in [-0.25, -0.2) is 9.37 Å². The number of anilines is 2. The van der Waals surface area contributed by atoms with Crippen molar-refractivity contribution in [2.45, 2.75) is 19.9 Å². The number of halogens is 2. The van der Waals surface area contributed by atoms with Gasteiger partial charge in [0.1, 0.15) is 0 Å². The highest BCUT2D eigenvalue weighted by Crippen LogP contribution is 2.19. The largest absolute Gasteiger partial charge is 0.354 e. The Morgan fingerprint density at radius 3 is 2.67 bits per heavy atom. The van der Waals surface area contributed by atoms with Crippen LogP contribution in [0.1, 0.15) is 18.9 Å². The van der Waals surface area contributed by atoms with Crippen LogP contribution in [0.2, 0.25) is 0 Å². The van der Waals surface area contributed by atoms with Crippen LogP contribution in [0.5, 0.6) is 0 Å². The van der Waals surface area contributed by atoms with Crippen molar-refractivity contribution in [3.8, 4) is 0 Å². The quantitative estimate of drug-likeness (QED) is 0.857. The number of rotatable bonds is 6. The Balaban J connectivity index is 2.13. The summed E-state index contributed by atoms with van der Waals surface area (Å²) in [7, 11) is 1.82. The minimum Gasteiger partial charge on any atom is -0.354 e. The van der Waals surface area contributed by atoms with E-state index in [1.54, 1.807) is 4.90 Å². The molecular weight excluding hydrogens is 335 g/mol. The molecule has 2 aromatic rings. The maximum absolute atomic E-state index is 13.9. The van der Waals surface area contributed by atoms with Gasteiger partial charge in [-0.1, -0.05) is 35.0 Å². The van der Waals surface area contributed by atoms with Gasteiger partial charge < -0.3 is 10.2 Å². The molecule has 0 saturated heterocycles. The fraction of sp³-hybridized carbons (Fsp3) is 0.333. The molecule has 0 aliphatic heterocycles. The molecule has 0 spiro atoms. The summed E-state index contributed by atoms with van der Waals surface area (Å²) in [6.45, 7) is 3.40. The van der Waals surface area contributed by atoms with Crippen molar-refractivity contribution in [3.05, 3.63) is 46.3 Å². The molecule has 0 aliphatic carbocycles. The lowest BCUT2D eigenvalue weighted by atomic mass is 10.2. The normalized spacial score (nSPS) is 10.5. The van der Waals surface area contributed by atoms with Crippen molar-refractivity contribution in [2.24, 2.45) is 0 Å². The Labute approximate surface area is 132 Å². The zero-order valence-electron chi connectivity index (χ0n) is 12.1. The smallest absolute Gasteiger partial charge is 0.224 e. The molecule has 0 fully saturated rings. The average Bonchev–Trinajstić information content (AvgIpc) is 2.48. The van der Waals surface area contributed by atoms with Crippen LogP contribution in [-0.2, 0) is 6.54 Å². The van der Waals surface area contributed by atoms with E-state index in [-0.39, 0.29) is 0 Å². The maximum atomic E-state index is 13.9. The monoisotopic (exact) mass is 352 g/mol. The van der Waals surface area contributed by atoms with E-state index in [1.165, 1.54) is 6.20 Å². The summed E-state index contributed by atoms with van der Waals surface area (Å²) >= 11 is 3.40. The first-order valence-corrected chi connectivity index (χ1v) is 7.61. The molecule has 1 heterocycles. The molecular formula is C15H18BrFN4. The number of hydrogen-bond acceptors (Lipinski definition) is 4. The van der Waals surface area contributed by atoms with Gasteiger partial charge in [0.2, 0.25) is 5.95 Å². The van der Waals surface area contributed by atoms with Gasteiger partial charge in [0.15, 0.2) is 11.6 Å². The van der Waals surface area contributed by atoms with E-state index < -0.39 is 5.82 Å². The molecule has 21 heavy (non-hydrogen) atoms. The lowest BCUT2D eigenvalue weighted by Crippen LogP contribution is -2.20. The lowest BCUT2D eigenvalue weighted by molar-refractivity contribution is 0.607. The van der Waals surface area contributed by atoms with E-state index >= 15 is 0 Å². The van der Waals surface area contributed by atoms with Gasteiger partial charge in [-0.3, -0.25) is 0 Å². The van der Waals surface area contributed by atoms with Crippen molar-refractivity contribution < 1.29 is 4.39 Å². The Hall–Kier alpha value is -1.69. The van der Waals surface area contributed by atoms with Gasteiger partial charge in [0, 0.05) is 24.6 Å². The molecule has 4 nitrogen and oxygen atoms in total. The second-order valence-corrected chi connectivity index (χ2v) is 5.69.